The van der Waals surface area contributed by atoms with Crippen LogP contribution in [-0.2, 0) is 28.9 Å². The van der Waals surface area contributed by atoms with E-state index >= 15 is 0 Å². The molecule has 0 radical (unpaired) electrons. The van der Waals surface area contributed by atoms with E-state index in [0.717, 1.165) is 0 Å². The Labute approximate surface area is 89.7 Å². The van der Waals surface area contributed by atoms with Gasteiger partial charge in [-0.2, -0.15) is 11.8 Å². The Balaban J connectivity index is 2.78. The summed E-state index contributed by atoms with van der Waals surface area (Å²) in [5.41, 5.74) is 0. The van der Waals surface area contributed by atoms with E-state index in [1.165, 1.54) is 0 Å². The monoisotopic (exact) mass is 230 g/mol. The molecule has 0 spiro atoms. The fraction of sp³-hybridized carbons (Fsp3) is 0.500. The fourth-order valence-corrected chi connectivity index (χ4v) is 1.51. The van der Waals surface area contributed by atoms with Crippen LogP contribution in [0, 0.1) is 11.8 Å². The van der Waals surface area contributed by atoms with E-state index in [1.54, 1.807) is 0 Å². The normalized spacial score (nSPS) is 25.1. The summed E-state index contributed by atoms with van der Waals surface area (Å²) >= 11 is 0. The summed E-state index contributed by atoms with van der Waals surface area (Å²) in [5, 5.41) is 0. The second kappa shape index (κ2) is 4.81. The smallest absolute Gasteiger partial charge is 0.335 e. The highest BCUT2D eigenvalue weighted by atomic mass is 16.7. The highest BCUT2D eigenvalue weighted by Gasteiger charge is 2.43. The van der Waals surface area contributed by atoms with E-state index in [2.05, 4.69) is 21.5 Å². The highest BCUT2D eigenvalue weighted by molar-refractivity contribution is 6.12. The zero-order chi connectivity index (χ0) is 12.3. The summed E-state index contributed by atoms with van der Waals surface area (Å²) in [6.07, 6.45) is -0.844. The predicted molar refractivity (Wildman–Crippen MR) is 46.8 cm³/mol. The molecule has 16 heavy (non-hydrogen) atoms. The van der Waals surface area contributed by atoms with Gasteiger partial charge in [0, 0.05) is 12.8 Å². The van der Waals surface area contributed by atoms with Gasteiger partial charge in [0.25, 0.3) is 0 Å². The van der Waals surface area contributed by atoms with Crippen LogP contribution in [0.1, 0.15) is 12.8 Å². The Kier molecular flexibility index (Phi) is 3.69. The zero-order valence-electron chi connectivity index (χ0n) is 8.17. The van der Waals surface area contributed by atoms with Crippen molar-refractivity contribution < 1.29 is 28.9 Å². The first-order chi connectivity index (χ1) is 7.51. The molecule has 0 aromatic rings. The topological polar surface area (TPSA) is 139 Å². The lowest BCUT2D eigenvalue weighted by Gasteiger charge is -2.22. The zero-order valence-corrected chi connectivity index (χ0v) is 8.17. The third-order valence-corrected chi connectivity index (χ3v) is 2.39. The second-order valence-electron chi connectivity index (χ2n) is 3.32. The molecule has 2 unspecified atom stereocenters. The number of carbonyl (C=O) groups is 4. The number of hydrogen-bond donors (Lipinski definition) is 2. The first-order valence-electron chi connectivity index (χ1n) is 4.37. The molecule has 1 fully saturated rings. The number of carbonyl (C=O) groups excluding carboxylic acids is 4. The molecule has 88 valence electrons. The maximum Gasteiger partial charge on any atom is 0.335 e. The number of Topliss-reactive ketones (excluding diaryl/α,β-unsaturated/α-hetero) is 2. The van der Waals surface area contributed by atoms with Gasteiger partial charge in [-0.3, -0.25) is 9.59 Å². The molecule has 8 nitrogen and oxygen atoms in total. The van der Waals surface area contributed by atoms with Gasteiger partial charge in [-0.05, 0) is 0 Å². The summed E-state index contributed by atoms with van der Waals surface area (Å²) in [4.78, 5) is 52.6. The maximum absolute atomic E-state index is 11.4. The van der Waals surface area contributed by atoms with E-state index < -0.39 is 48.2 Å². The van der Waals surface area contributed by atoms with Crippen LogP contribution in [0.2, 0.25) is 0 Å². The van der Waals surface area contributed by atoms with Crippen LogP contribution in [0.4, 0.5) is 0 Å². The van der Waals surface area contributed by atoms with E-state index in [9.17, 15) is 19.2 Å². The highest BCUT2D eigenvalue weighted by Crippen LogP contribution is 2.24. The standard InChI is InChI=1S/C8H10N2O6/c9-15-7(13)3-1-5(11)4(2-6(3)12)8(14)16-10/h3-4H,1-2,9-10H2. The molecule has 0 aromatic carbocycles. The van der Waals surface area contributed by atoms with Gasteiger partial charge < -0.3 is 9.68 Å². The Morgan fingerprint density at radius 2 is 1.25 bits per heavy atom. The Hall–Kier alpha value is -1.80. The molecule has 1 rings (SSSR count). The number of hydrogen-bond acceptors (Lipinski definition) is 8. The van der Waals surface area contributed by atoms with Crippen molar-refractivity contribution in [2.75, 3.05) is 0 Å². The van der Waals surface area contributed by atoms with Crippen LogP contribution in [0.25, 0.3) is 0 Å². The molecule has 1 aliphatic carbocycles. The molecule has 4 N–H and O–H groups in total. The summed E-state index contributed by atoms with van der Waals surface area (Å²) in [6.45, 7) is 0. The van der Waals surface area contributed by atoms with Gasteiger partial charge in [0.05, 0.1) is 0 Å². The average Bonchev–Trinajstić information content (AvgIpc) is 2.29. The lowest BCUT2D eigenvalue weighted by molar-refractivity contribution is -0.163. The third kappa shape index (κ3) is 2.23. The Morgan fingerprint density at radius 3 is 1.50 bits per heavy atom. The first-order valence-corrected chi connectivity index (χ1v) is 4.37. The van der Waals surface area contributed by atoms with E-state index in [0.29, 0.717) is 0 Å². The Bertz CT molecular complexity index is 318. The molecule has 1 saturated carbocycles. The van der Waals surface area contributed by atoms with Crippen molar-refractivity contribution in [2.24, 2.45) is 23.6 Å². The van der Waals surface area contributed by atoms with Gasteiger partial charge in [0.1, 0.15) is 23.4 Å². The van der Waals surface area contributed by atoms with Crippen molar-refractivity contribution in [3.8, 4) is 0 Å². The molecule has 1 aliphatic rings. The largest absolute Gasteiger partial charge is 0.373 e. The summed E-state index contributed by atoms with van der Waals surface area (Å²) < 4.78 is 0. The number of ketones is 2. The van der Waals surface area contributed by atoms with Crippen molar-refractivity contribution in [3.63, 3.8) is 0 Å². The molecular formula is C8H10N2O6. The van der Waals surface area contributed by atoms with Crippen LogP contribution in [0.15, 0.2) is 0 Å². The average molecular weight is 230 g/mol. The molecule has 8 heteroatoms. The molecule has 2 atom stereocenters. The number of nitrogens with two attached hydrogens (primary N) is 2. The van der Waals surface area contributed by atoms with Gasteiger partial charge in [-0.1, -0.05) is 0 Å². The first kappa shape index (κ1) is 12.3. The van der Waals surface area contributed by atoms with Crippen molar-refractivity contribution in [1.29, 1.82) is 0 Å². The summed E-state index contributed by atoms with van der Waals surface area (Å²) in [6, 6.07) is 0. The summed E-state index contributed by atoms with van der Waals surface area (Å²) in [5.74, 6) is 3.58. The van der Waals surface area contributed by atoms with Gasteiger partial charge in [-0.15, -0.1) is 0 Å². The quantitative estimate of drug-likeness (QED) is 0.409. The van der Waals surface area contributed by atoms with Gasteiger partial charge in [0.15, 0.2) is 0 Å². The minimum absolute atomic E-state index is 0.422. The second-order valence-corrected chi connectivity index (χ2v) is 3.32. The van der Waals surface area contributed by atoms with Gasteiger partial charge >= 0.3 is 11.9 Å². The minimum Gasteiger partial charge on any atom is -0.373 e. The van der Waals surface area contributed by atoms with Crippen molar-refractivity contribution in [2.45, 2.75) is 12.8 Å². The van der Waals surface area contributed by atoms with Crippen LogP contribution in [0.3, 0.4) is 0 Å². The predicted octanol–water partition coefficient (Wildman–Crippen LogP) is -2.02. The molecule has 0 bridgehead atoms. The van der Waals surface area contributed by atoms with Crippen LogP contribution in [-0.4, -0.2) is 23.5 Å². The molecular weight excluding hydrogens is 220 g/mol. The Morgan fingerprint density at radius 1 is 0.938 bits per heavy atom. The van der Waals surface area contributed by atoms with Gasteiger partial charge in [0.2, 0.25) is 0 Å². The van der Waals surface area contributed by atoms with E-state index in [-0.39, 0.29) is 0 Å². The van der Waals surface area contributed by atoms with E-state index in [4.69, 9.17) is 0 Å². The summed E-state index contributed by atoms with van der Waals surface area (Å²) in [7, 11) is 0. The van der Waals surface area contributed by atoms with Gasteiger partial charge in [-0.25, -0.2) is 9.59 Å². The fourth-order valence-electron chi connectivity index (χ4n) is 1.51. The number of rotatable bonds is 2. The molecule has 0 saturated heterocycles. The SMILES string of the molecule is NOC(=O)C1CC(=O)C(C(=O)ON)CC1=O. The van der Waals surface area contributed by atoms with Crippen molar-refractivity contribution >= 4 is 23.5 Å². The van der Waals surface area contributed by atoms with E-state index in [1.807, 2.05) is 0 Å². The molecule has 0 heterocycles. The molecule has 0 amide bonds. The minimum atomic E-state index is -1.24. The van der Waals surface area contributed by atoms with Crippen LogP contribution in [0.5, 0.6) is 0 Å². The van der Waals surface area contributed by atoms with Crippen LogP contribution >= 0.6 is 0 Å². The lowest BCUT2D eigenvalue weighted by Crippen LogP contribution is -2.42. The van der Waals surface area contributed by atoms with Crippen molar-refractivity contribution in [1.82, 2.24) is 0 Å². The maximum atomic E-state index is 11.4. The van der Waals surface area contributed by atoms with Crippen LogP contribution < -0.4 is 11.8 Å². The third-order valence-electron chi connectivity index (χ3n) is 2.39. The molecule has 0 aliphatic heterocycles. The molecule has 0 aromatic heterocycles. The van der Waals surface area contributed by atoms with Crippen molar-refractivity contribution in [3.05, 3.63) is 0 Å². The lowest BCUT2D eigenvalue weighted by atomic mass is 9.80.